The average Bonchev–Trinajstić information content (AvgIpc) is 2.83. The molecular formula is C18H24O3. The Balaban J connectivity index is 2.19. The van der Waals surface area contributed by atoms with E-state index < -0.39 is 0 Å². The van der Waals surface area contributed by atoms with Crippen molar-refractivity contribution in [1.82, 2.24) is 0 Å². The zero-order chi connectivity index (χ0) is 15.2. The molecule has 3 rings (SSSR count). The maximum Gasteiger partial charge on any atom is 0.224 e. The van der Waals surface area contributed by atoms with E-state index in [4.69, 9.17) is 9.15 Å². The van der Waals surface area contributed by atoms with E-state index >= 15 is 0 Å². The Hall–Kier alpha value is -1.35. The number of hydrogen-bond donors (Lipinski definition) is 0. The molecule has 0 bridgehead atoms. The highest BCUT2D eigenvalue weighted by Gasteiger charge is 2.53. The number of ketones is 1. The standard InChI is InChI=1S/C18H24O3/c1-5-9-20-17-14-11(2)10-21-16(14)15(19)13-8-6-7-12(3)18(13,17)4/h8,10,12,17H,5-7,9H2,1-4H3. The SMILES string of the molecule is CCCOC1c2c(C)coc2C(=O)C2=CCCC(C)C21C. The Labute approximate surface area is 126 Å². The fraction of sp³-hybridized carbons (Fsp3) is 0.611. The lowest BCUT2D eigenvalue weighted by Crippen LogP contribution is -2.44. The number of aryl methyl sites for hydroxylation is 1. The van der Waals surface area contributed by atoms with Gasteiger partial charge in [0.25, 0.3) is 0 Å². The summed E-state index contributed by atoms with van der Waals surface area (Å²) in [5, 5.41) is 0. The van der Waals surface area contributed by atoms with E-state index in [1.807, 2.05) is 6.92 Å². The first kappa shape index (κ1) is 14.6. The first-order valence-corrected chi connectivity index (χ1v) is 7.96. The largest absolute Gasteiger partial charge is 0.460 e. The van der Waals surface area contributed by atoms with Crippen molar-refractivity contribution in [3.63, 3.8) is 0 Å². The molecule has 3 nitrogen and oxygen atoms in total. The van der Waals surface area contributed by atoms with Crippen molar-refractivity contribution in [3.05, 3.63) is 34.8 Å². The minimum absolute atomic E-state index is 0.0588. The number of rotatable bonds is 3. The fourth-order valence-corrected chi connectivity index (χ4v) is 3.87. The maximum absolute atomic E-state index is 12.8. The van der Waals surface area contributed by atoms with Gasteiger partial charge in [0, 0.05) is 23.2 Å². The van der Waals surface area contributed by atoms with Gasteiger partial charge in [-0.1, -0.05) is 26.8 Å². The molecule has 1 aromatic heterocycles. The molecule has 0 saturated carbocycles. The molecule has 0 fully saturated rings. The molecule has 0 aliphatic heterocycles. The molecule has 1 aromatic rings. The molecule has 114 valence electrons. The van der Waals surface area contributed by atoms with Gasteiger partial charge < -0.3 is 9.15 Å². The van der Waals surface area contributed by atoms with Crippen LogP contribution in [0.15, 0.2) is 22.3 Å². The quantitative estimate of drug-likeness (QED) is 0.815. The average molecular weight is 288 g/mol. The predicted octanol–water partition coefficient (Wildman–Crippen LogP) is 4.61. The first-order chi connectivity index (χ1) is 10.0. The molecule has 0 radical (unpaired) electrons. The van der Waals surface area contributed by atoms with Crippen LogP contribution < -0.4 is 0 Å². The number of fused-ring (bicyclic) bond motifs is 2. The normalized spacial score (nSPS) is 31.6. The molecular weight excluding hydrogens is 264 g/mol. The number of ether oxygens (including phenoxy) is 1. The highest BCUT2D eigenvalue weighted by atomic mass is 16.5. The van der Waals surface area contributed by atoms with Crippen molar-refractivity contribution < 1.29 is 13.9 Å². The van der Waals surface area contributed by atoms with Crippen LogP contribution in [0, 0.1) is 18.3 Å². The lowest BCUT2D eigenvalue weighted by atomic mass is 9.58. The second-order valence-corrected chi connectivity index (χ2v) is 6.62. The second-order valence-electron chi connectivity index (χ2n) is 6.62. The summed E-state index contributed by atoms with van der Waals surface area (Å²) in [6.07, 6.45) is 6.76. The van der Waals surface area contributed by atoms with E-state index in [0.29, 0.717) is 18.3 Å². The highest BCUT2D eigenvalue weighted by molar-refractivity contribution is 6.10. The van der Waals surface area contributed by atoms with Gasteiger partial charge in [-0.2, -0.15) is 0 Å². The molecule has 1 heterocycles. The summed E-state index contributed by atoms with van der Waals surface area (Å²) < 4.78 is 11.8. The van der Waals surface area contributed by atoms with Crippen molar-refractivity contribution >= 4 is 5.78 Å². The van der Waals surface area contributed by atoms with Crippen LogP contribution in [0.2, 0.25) is 0 Å². The highest BCUT2D eigenvalue weighted by Crippen LogP contribution is 2.57. The van der Waals surface area contributed by atoms with Crippen molar-refractivity contribution in [1.29, 1.82) is 0 Å². The fourth-order valence-electron chi connectivity index (χ4n) is 3.87. The van der Waals surface area contributed by atoms with Gasteiger partial charge in [0.05, 0.1) is 12.4 Å². The van der Waals surface area contributed by atoms with Gasteiger partial charge in [0.15, 0.2) is 5.76 Å². The third kappa shape index (κ3) is 1.94. The minimum Gasteiger partial charge on any atom is -0.460 e. The topological polar surface area (TPSA) is 39.4 Å². The summed E-state index contributed by atoms with van der Waals surface area (Å²) in [4.78, 5) is 12.8. The number of carbonyl (C=O) groups excluding carboxylic acids is 1. The van der Waals surface area contributed by atoms with Crippen LogP contribution >= 0.6 is 0 Å². The van der Waals surface area contributed by atoms with Gasteiger partial charge in [0.1, 0.15) is 0 Å². The number of allylic oxidation sites excluding steroid dienone is 1. The van der Waals surface area contributed by atoms with Crippen LogP contribution in [0.25, 0.3) is 0 Å². The molecule has 3 unspecified atom stereocenters. The van der Waals surface area contributed by atoms with Crippen molar-refractivity contribution in [2.24, 2.45) is 11.3 Å². The maximum atomic E-state index is 12.8. The lowest BCUT2D eigenvalue weighted by Gasteiger charge is -2.48. The van der Waals surface area contributed by atoms with E-state index in [1.165, 1.54) is 0 Å². The van der Waals surface area contributed by atoms with E-state index in [-0.39, 0.29) is 17.3 Å². The van der Waals surface area contributed by atoms with Crippen LogP contribution in [-0.4, -0.2) is 12.4 Å². The summed E-state index contributed by atoms with van der Waals surface area (Å²) in [5.41, 5.74) is 2.65. The molecule has 0 spiro atoms. The van der Waals surface area contributed by atoms with Gasteiger partial charge in [-0.25, -0.2) is 0 Å². The van der Waals surface area contributed by atoms with Crippen molar-refractivity contribution in [2.45, 2.75) is 53.1 Å². The Kier molecular flexibility index (Phi) is 3.56. The van der Waals surface area contributed by atoms with E-state index in [1.54, 1.807) is 6.26 Å². The third-order valence-electron chi connectivity index (χ3n) is 5.32. The van der Waals surface area contributed by atoms with E-state index in [0.717, 1.165) is 36.0 Å². The molecule has 0 N–H and O–H groups in total. The smallest absolute Gasteiger partial charge is 0.224 e. The third-order valence-corrected chi connectivity index (χ3v) is 5.32. The molecule has 2 aliphatic rings. The molecule has 0 aromatic carbocycles. The second kappa shape index (κ2) is 5.13. The summed E-state index contributed by atoms with van der Waals surface area (Å²) in [6.45, 7) is 9.25. The molecule has 3 atom stereocenters. The Morgan fingerprint density at radius 1 is 1.48 bits per heavy atom. The zero-order valence-electron chi connectivity index (χ0n) is 13.4. The Morgan fingerprint density at radius 2 is 2.24 bits per heavy atom. The summed E-state index contributed by atoms with van der Waals surface area (Å²) in [5.74, 6) is 0.973. The molecule has 0 saturated heterocycles. The lowest BCUT2D eigenvalue weighted by molar-refractivity contribution is -0.0506. The van der Waals surface area contributed by atoms with Crippen LogP contribution in [0.3, 0.4) is 0 Å². The Bertz CT molecular complexity index is 596. The van der Waals surface area contributed by atoms with Gasteiger partial charge >= 0.3 is 0 Å². The summed E-state index contributed by atoms with van der Waals surface area (Å²) >= 11 is 0. The van der Waals surface area contributed by atoms with Gasteiger partial charge in [0.2, 0.25) is 5.78 Å². The van der Waals surface area contributed by atoms with E-state index in [9.17, 15) is 4.79 Å². The number of hydrogen-bond acceptors (Lipinski definition) is 3. The summed E-state index contributed by atoms with van der Waals surface area (Å²) in [7, 11) is 0. The zero-order valence-corrected chi connectivity index (χ0v) is 13.4. The van der Waals surface area contributed by atoms with Crippen LogP contribution in [0.5, 0.6) is 0 Å². The molecule has 2 aliphatic carbocycles. The van der Waals surface area contributed by atoms with Crippen LogP contribution in [0.4, 0.5) is 0 Å². The number of Topliss-reactive ketones (excluding diaryl/α,β-unsaturated/α-hetero) is 1. The minimum atomic E-state index is -0.244. The van der Waals surface area contributed by atoms with Gasteiger partial charge in [-0.05, 0) is 37.7 Å². The van der Waals surface area contributed by atoms with Gasteiger partial charge in [-0.3, -0.25) is 4.79 Å². The molecule has 3 heteroatoms. The Morgan fingerprint density at radius 3 is 2.95 bits per heavy atom. The monoisotopic (exact) mass is 288 g/mol. The first-order valence-electron chi connectivity index (χ1n) is 7.96. The number of carbonyl (C=O) groups is 1. The van der Waals surface area contributed by atoms with Crippen LogP contribution in [0.1, 0.15) is 67.8 Å². The molecule has 0 amide bonds. The van der Waals surface area contributed by atoms with Crippen molar-refractivity contribution in [2.75, 3.05) is 6.61 Å². The molecule has 21 heavy (non-hydrogen) atoms. The number of furan rings is 1. The van der Waals surface area contributed by atoms with Crippen molar-refractivity contribution in [3.8, 4) is 0 Å². The van der Waals surface area contributed by atoms with E-state index in [2.05, 4.69) is 26.8 Å². The summed E-state index contributed by atoms with van der Waals surface area (Å²) in [6, 6.07) is 0. The predicted molar refractivity (Wildman–Crippen MR) is 81.3 cm³/mol. The van der Waals surface area contributed by atoms with Crippen LogP contribution in [-0.2, 0) is 4.74 Å². The van der Waals surface area contributed by atoms with Gasteiger partial charge in [-0.15, -0.1) is 0 Å².